The fourth-order valence-electron chi connectivity index (χ4n) is 7.13. The number of carbonyl (C=O) groups is 3. The Morgan fingerprint density at radius 2 is 2.03 bits per heavy atom. The lowest BCUT2D eigenvalue weighted by atomic mass is 9.62. The molecule has 8 nitrogen and oxygen atoms in total. The third-order valence-corrected chi connectivity index (χ3v) is 9.24. The number of rotatable bonds is 12. The molecule has 39 heavy (non-hydrogen) atoms. The highest BCUT2D eigenvalue weighted by Crippen LogP contribution is 2.65. The molecule has 1 N–H and O–H groups in total. The zero-order chi connectivity index (χ0) is 28.5. The topological polar surface area (TPSA) is 96.4 Å². The molecule has 2 amide bonds. The number of hydrogen-bond acceptors (Lipinski definition) is 6. The molecule has 9 heteroatoms. The number of aryl methyl sites for hydroxylation is 1. The maximum absolute atomic E-state index is 14.7. The van der Waals surface area contributed by atoms with Gasteiger partial charge in [-0.05, 0) is 57.6 Å². The summed E-state index contributed by atoms with van der Waals surface area (Å²) in [4.78, 5) is 45.4. The van der Waals surface area contributed by atoms with Crippen LogP contribution in [0.3, 0.4) is 0 Å². The molecule has 0 saturated carbocycles. The number of para-hydroxylation sites is 1. The van der Waals surface area contributed by atoms with E-state index in [2.05, 4.69) is 6.58 Å². The first-order valence-corrected chi connectivity index (χ1v) is 14.4. The summed E-state index contributed by atoms with van der Waals surface area (Å²) in [5.74, 6) is -2.64. The molecule has 3 saturated heterocycles. The van der Waals surface area contributed by atoms with Crippen LogP contribution in [0.25, 0.3) is 0 Å². The molecule has 6 atom stereocenters. The number of nitrogens with zero attached hydrogens (tertiary/aromatic N) is 2. The van der Waals surface area contributed by atoms with Crippen molar-refractivity contribution in [2.75, 3.05) is 31.2 Å². The van der Waals surface area contributed by atoms with Crippen LogP contribution in [0.5, 0.6) is 0 Å². The molecule has 3 fully saturated rings. The van der Waals surface area contributed by atoms with E-state index in [0.29, 0.717) is 36.5 Å². The van der Waals surface area contributed by atoms with Gasteiger partial charge in [0.05, 0.1) is 28.8 Å². The van der Waals surface area contributed by atoms with Crippen LogP contribution in [0.15, 0.2) is 30.9 Å². The molecule has 0 radical (unpaired) electrons. The molecule has 0 aliphatic carbocycles. The Hall–Kier alpha value is -2.42. The van der Waals surface area contributed by atoms with Crippen molar-refractivity contribution in [3.8, 4) is 0 Å². The summed E-state index contributed by atoms with van der Waals surface area (Å²) in [5.41, 5.74) is -0.664. The van der Waals surface area contributed by atoms with Crippen molar-refractivity contribution in [2.45, 2.75) is 77.0 Å². The van der Waals surface area contributed by atoms with E-state index in [1.165, 1.54) is 0 Å². The van der Waals surface area contributed by atoms with Crippen LogP contribution < -0.4 is 4.90 Å². The van der Waals surface area contributed by atoms with Gasteiger partial charge in [-0.1, -0.05) is 49.6 Å². The van der Waals surface area contributed by atoms with Gasteiger partial charge < -0.3 is 24.4 Å². The second kappa shape index (κ2) is 11.6. The number of aliphatic hydroxyl groups excluding tert-OH is 1. The van der Waals surface area contributed by atoms with Crippen molar-refractivity contribution in [2.24, 2.45) is 17.8 Å². The van der Waals surface area contributed by atoms with Crippen LogP contribution in [0.4, 0.5) is 5.69 Å². The number of carbonyl (C=O) groups excluding carboxylic acids is 3. The van der Waals surface area contributed by atoms with Gasteiger partial charge in [0.2, 0.25) is 5.91 Å². The molecule has 1 spiro atoms. The van der Waals surface area contributed by atoms with Crippen molar-refractivity contribution in [3.63, 3.8) is 0 Å². The minimum Gasteiger partial charge on any atom is -0.466 e. The highest BCUT2D eigenvalue weighted by molar-refractivity contribution is 6.34. The van der Waals surface area contributed by atoms with Crippen LogP contribution in [0, 0.1) is 24.7 Å². The highest BCUT2D eigenvalue weighted by Gasteiger charge is 2.80. The Bertz CT molecular complexity index is 1110. The number of hydrogen-bond donors (Lipinski definition) is 1. The van der Waals surface area contributed by atoms with E-state index in [0.717, 1.165) is 18.4 Å². The number of ether oxygens (including phenoxy) is 2. The van der Waals surface area contributed by atoms with Crippen molar-refractivity contribution in [1.82, 2.24) is 4.90 Å². The molecule has 214 valence electrons. The van der Waals surface area contributed by atoms with Crippen LogP contribution in [0.1, 0.15) is 58.4 Å². The van der Waals surface area contributed by atoms with Crippen molar-refractivity contribution >= 4 is 35.1 Å². The molecule has 3 aliphatic heterocycles. The number of benzene rings is 1. The molecular formula is C30H41ClN2O6. The normalized spacial score (nSPS) is 30.9. The van der Waals surface area contributed by atoms with E-state index in [1.807, 2.05) is 32.9 Å². The Balaban J connectivity index is 1.80. The van der Waals surface area contributed by atoms with Gasteiger partial charge in [-0.3, -0.25) is 14.4 Å². The Morgan fingerprint density at radius 3 is 2.67 bits per heavy atom. The van der Waals surface area contributed by atoms with E-state index in [4.69, 9.17) is 26.2 Å². The molecule has 2 bridgehead atoms. The zero-order valence-electron chi connectivity index (χ0n) is 23.5. The second-order valence-corrected chi connectivity index (χ2v) is 11.7. The van der Waals surface area contributed by atoms with Crippen molar-refractivity contribution in [1.29, 1.82) is 0 Å². The molecular weight excluding hydrogens is 520 g/mol. The number of aliphatic hydroxyl groups is 1. The summed E-state index contributed by atoms with van der Waals surface area (Å²) in [5, 5.41) is 9.59. The summed E-state index contributed by atoms with van der Waals surface area (Å²) in [6.45, 7) is 12.3. The van der Waals surface area contributed by atoms with Gasteiger partial charge in [-0.25, -0.2) is 0 Å². The fourth-order valence-corrected chi connectivity index (χ4v) is 7.45. The number of unbranched alkanes of at least 4 members (excludes halogenated alkanes) is 3. The first kappa shape index (κ1) is 29.6. The van der Waals surface area contributed by atoms with E-state index >= 15 is 0 Å². The Labute approximate surface area is 236 Å². The highest BCUT2D eigenvalue weighted by atomic mass is 35.5. The fraction of sp³-hybridized carbons (Fsp3) is 0.633. The first-order valence-electron chi connectivity index (χ1n) is 14.0. The SMILES string of the molecule is C=CCN(C(=O)C1N(CCCCCCO)C(=O)[C@@H]2[C@H](C(=O)OCC)[C@@]3(C)OC12CC3C)c1c(C)cccc1Cl. The molecule has 3 aliphatic rings. The average Bonchev–Trinajstić information content (AvgIpc) is 3.39. The summed E-state index contributed by atoms with van der Waals surface area (Å²) in [6, 6.07) is 4.54. The quantitative estimate of drug-likeness (QED) is 0.233. The Morgan fingerprint density at radius 1 is 1.31 bits per heavy atom. The lowest BCUT2D eigenvalue weighted by Crippen LogP contribution is -2.57. The van der Waals surface area contributed by atoms with E-state index < -0.39 is 35.0 Å². The van der Waals surface area contributed by atoms with Gasteiger partial charge in [-0.2, -0.15) is 0 Å². The van der Waals surface area contributed by atoms with E-state index in [9.17, 15) is 14.4 Å². The molecule has 1 aromatic rings. The summed E-state index contributed by atoms with van der Waals surface area (Å²) < 4.78 is 12.2. The predicted molar refractivity (Wildman–Crippen MR) is 149 cm³/mol. The minimum absolute atomic E-state index is 0.0642. The van der Waals surface area contributed by atoms with Crippen LogP contribution in [-0.4, -0.2) is 71.3 Å². The Kier molecular flexibility index (Phi) is 8.79. The molecule has 3 unspecified atom stereocenters. The number of halogens is 1. The number of likely N-dealkylation sites (tertiary alicyclic amines) is 1. The number of fused-ring (bicyclic) bond motifs is 1. The third kappa shape index (κ3) is 4.78. The zero-order valence-corrected chi connectivity index (χ0v) is 24.2. The average molecular weight is 561 g/mol. The maximum atomic E-state index is 14.7. The minimum atomic E-state index is -1.15. The summed E-state index contributed by atoms with van der Waals surface area (Å²) in [6.07, 6.45) is 5.11. The number of esters is 1. The van der Waals surface area contributed by atoms with E-state index in [-0.39, 0.29) is 37.5 Å². The largest absolute Gasteiger partial charge is 0.466 e. The van der Waals surface area contributed by atoms with Crippen LogP contribution in [0.2, 0.25) is 5.02 Å². The van der Waals surface area contributed by atoms with Gasteiger partial charge in [0.25, 0.3) is 5.91 Å². The van der Waals surface area contributed by atoms with Gasteiger partial charge in [0, 0.05) is 19.7 Å². The third-order valence-electron chi connectivity index (χ3n) is 8.93. The monoisotopic (exact) mass is 560 g/mol. The predicted octanol–water partition coefficient (Wildman–Crippen LogP) is 4.29. The van der Waals surface area contributed by atoms with Crippen molar-refractivity contribution < 1.29 is 29.0 Å². The number of anilines is 1. The first-order chi connectivity index (χ1) is 18.6. The van der Waals surface area contributed by atoms with Crippen molar-refractivity contribution in [3.05, 3.63) is 41.4 Å². The second-order valence-electron chi connectivity index (χ2n) is 11.3. The maximum Gasteiger partial charge on any atom is 0.312 e. The summed E-state index contributed by atoms with van der Waals surface area (Å²) >= 11 is 6.62. The van der Waals surface area contributed by atoms with Gasteiger partial charge >= 0.3 is 5.97 Å². The molecule has 3 heterocycles. The van der Waals surface area contributed by atoms with E-state index in [1.54, 1.807) is 28.9 Å². The smallest absolute Gasteiger partial charge is 0.312 e. The summed E-state index contributed by atoms with van der Waals surface area (Å²) in [7, 11) is 0. The van der Waals surface area contributed by atoms with Gasteiger partial charge in [0.15, 0.2) is 0 Å². The molecule has 4 rings (SSSR count). The van der Waals surface area contributed by atoms with Crippen LogP contribution in [-0.2, 0) is 23.9 Å². The van der Waals surface area contributed by atoms with Gasteiger partial charge in [0.1, 0.15) is 17.6 Å². The number of amides is 2. The molecule has 1 aromatic carbocycles. The molecule has 0 aromatic heterocycles. The lowest BCUT2D eigenvalue weighted by molar-refractivity contribution is -0.161. The van der Waals surface area contributed by atoms with Crippen LogP contribution >= 0.6 is 11.6 Å². The van der Waals surface area contributed by atoms with Gasteiger partial charge in [-0.15, -0.1) is 6.58 Å². The standard InChI is InChI=1S/C30H41ClN2O6/c1-6-15-32(24-19(3)13-12-14-21(24)31)27(36)25-30-18-20(4)29(5,39-30)23(28(37)38-7-2)22(30)26(35)33(25)16-10-8-9-11-17-34/h6,12-14,20,22-23,25,34H,1,7-11,15-18H2,2-5H3/t20?,22-,23+,25?,29-,30?/m0/s1. The lowest BCUT2D eigenvalue weighted by Gasteiger charge is -2.37.